The van der Waals surface area contributed by atoms with Gasteiger partial charge in [-0.3, -0.25) is 4.79 Å². The minimum Gasteiger partial charge on any atom is -0.368 e. The first-order valence-corrected chi connectivity index (χ1v) is 4.59. The predicted octanol–water partition coefficient (Wildman–Crippen LogP) is -0.286. The standard InChI is InChI=1S/C8H16N6O/c1-8(2,3)12-5(15)4-10-7-11-6(9)13-14-7/h4H2,1-3H3,(H,12,15)(H4,9,10,11,13,14). The normalized spacial score (nSPS) is 11.1. The van der Waals surface area contributed by atoms with E-state index in [0.29, 0.717) is 5.95 Å². The minimum absolute atomic E-state index is 0.120. The van der Waals surface area contributed by atoms with Gasteiger partial charge in [-0.1, -0.05) is 0 Å². The van der Waals surface area contributed by atoms with Crippen molar-refractivity contribution in [3.05, 3.63) is 0 Å². The second-order valence-corrected chi connectivity index (χ2v) is 4.20. The molecule has 0 atom stereocenters. The summed E-state index contributed by atoms with van der Waals surface area (Å²) in [6, 6.07) is 0. The number of nitrogens with one attached hydrogen (secondary N) is 3. The van der Waals surface area contributed by atoms with Crippen molar-refractivity contribution in [3.63, 3.8) is 0 Å². The van der Waals surface area contributed by atoms with Crippen molar-refractivity contribution >= 4 is 17.8 Å². The Balaban J connectivity index is 2.35. The maximum Gasteiger partial charge on any atom is 0.244 e. The van der Waals surface area contributed by atoms with Gasteiger partial charge >= 0.3 is 0 Å². The Labute approximate surface area is 87.8 Å². The third-order valence-electron chi connectivity index (χ3n) is 1.42. The van der Waals surface area contributed by atoms with Gasteiger partial charge < -0.3 is 16.4 Å². The number of aromatic nitrogens is 3. The zero-order valence-electron chi connectivity index (χ0n) is 9.09. The fourth-order valence-electron chi connectivity index (χ4n) is 0.975. The fourth-order valence-corrected chi connectivity index (χ4v) is 0.975. The second kappa shape index (κ2) is 4.16. The highest BCUT2D eigenvalue weighted by Gasteiger charge is 2.13. The Morgan fingerprint density at radius 1 is 1.53 bits per heavy atom. The molecule has 0 saturated carbocycles. The Hall–Kier alpha value is -1.79. The van der Waals surface area contributed by atoms with E-state index in [-0.39, 0.29) is 23.9 Å². The summed E-state index contributed by atoms with van der Waals surface area (Å²) < 4.78 is 0. The Bertz CT molecular complexity index is 339. The van der Waals surface area contributed by atoms with Crippen LogP contribution in [0.15, 0.2) is 0 Å². The molecule has 0 spiro atoms. The summed E-state index contributed by atoms with van der Waals surface area (Å²) in [5.74, 6) is 0.413. The summed E-state index contributed by atoms with van der Waals surface area (Å²) >= 11 is 0. The van der Waals surface area contributed by atoms with E-state index in [9.17, 15) is 4.79 Å². The van der Waals surface area contributed by atoms with Gasteiger partial charge in [0.15, 0.2) is 0 Å². The van der Waals surface area contributed by atoms with Gasteiger partial charge in [0.25, 0.3) is 0 Å². The molecule has 15 heavy (non-hydrogen) atoms. The summed E-state index contributed by atoms with van der Waals surface area (Å²) in [7, 11) is 0. The van der Waals surface area contributed by atoms with Gasteiger partial charge in [0.2, 0.25) is 17.8 Å². The van der Waals surface area contributed by atoms with Gasteiger partial charge in [-0.15, -0.1) is 5.10 Å². The third-order valence-corrected chi connectivity index (χ3v) is 1.42. The van der Waals surface area contributed by atoms with E-state index < -0.39 is 0 Å². The van der Waals surface area contributed by atoms with Crippen molar-refractivity contribution in [2.75, 3.05) is 17.6 Å². The summed E-state index contributed by atoms with van der Waals surface area (Å²) in [5, 5.41) is 11.7. The lowest BCUT2D eigenvalue weighted by Gasteiger charge is -2.20. The maximum atomic E-state index is 11.4. The number of carbonyl (C=O) groups is 1. The van der Waals surface area contributed by atoms with E-state index in [2.05, 4.69) is 25.8 Å². The van der Waals surface area contributed by atoms with Gasteiger partial charge in [0.1, 0.15) is 0 Å². The van der Waals surface area contributed by atoms with Crippen LogP contribution in [0.2, 0.25) is 0 Å². The summed E-state index contributed by atoms with van der Waals surface area (Å²) in [6.07, 6.45) is 0. The van der Waals surface area contributed by atoms with Crippen molar-refractivity contribution in [2.24, 2.45) is 0 Å². The van der Waals surface area contributed by atoms with Gasteiger partial charge in [-0.2, -0.15) is 4.98 Å². The highest BCUT2D eigenvalue weighted by Crippen LogP contribution is 2.00. The van der Waals surface area contributed by atoms with Crippen LogP contribution >= 0.6 is 0 Å². The van der Waals surface area contributed by atoms with Crippen molar-refractivity contribution in [3.8, 4) is 0 Å². The van der Waals surface area contributed by atoms with Crippen molar-refractivity contribution in [2.45, 2.75) is 26.3 Å². The summed E-state index contributed by atoms with van der Waals surface area (Å²) in [6.45, 7) is 5.86. The van der Waals surface area contributed by atoms with Crippen LogP contribution in [0.4, 0.5) is 11.9 Å². The van der Waals surface area contributed by atoms with Gasteiger partial charge in [0.05, 0.1) is 6.54 Å². The second-order valence-electron chi connectivity index (χ2n) is 4.20. The molecule has 1 aromatic heterocycles. The number of carbonyl (C=O) groups excluding carboxylic acids is 1. The molecule has 0 aliphatic carbocycles. The number of rotatable bonds is 3. The molecule has 1 heterocycles. The topological polar surface area (TPSA) is 109 Å². The van der Waals surface area contributed by atoms with Crippen LogP contribution in [0.3, 0.4) is 0 Å². The number of nitrogen functional groups attached to an aromatic ring is 1. The molecule has 0 aromatic carbocycles. The van der Waals surface area contributed by atoms with Crippen LogP contribution in [-0.2, 0) is 4.79 Å². The lowest BCUT2D eigenvalue weighted by molar-refractivity contribution is -0.120. The molecule has 5 N–H and O–H groups in total. The summed E-state index contributed by atoms with van der Waals surface area (Å²) in [5.41, 5.74) is 5.08. The first kappa shape index (κ1) is 11.3. The van der Waals surface area contributed by atoms with Crippen molar-refractivity contribution in [1.29, 1.82) is 0 Å². The number of anilines is 2. The number of H-pyrrole nitrogens is 1. The third kappa shape index (κ3) is 4.30. The van der Waals surface area contributed by atoms with Crippen LogP contribution in [0.5, 0.6) is 0 Å². The highest BCUT2D eigenvalue weighted by molar-refractivity contribution is 5.80. The first-order valence-electron chi connectivity index (χ1n) is 4.59. The molecule has 0 aliphatic heterocycles. The van der Waals surface area contributed by atoms with Crippen molar-refractivity contribution in [1.82, 2.24) is 20.5 Å². The largest absolute Gasteiger partial charge is 0.368 e. The van der Waals surface area contributed by atoms with E-state index in [0.717, 1.165) is 0 Å². The molecule has 1 rings (SSSR count). The molecule has 0 unspecified atom stereocenters. The van der Waals surface area contributed by atoms with Gasteiger partial charge in [-0.25, -0.2) is 5.10 Å². The SMILES string of the molecule is CC(C)(C)NC(=O)CNc1n[nH]c(N)n1. The number of nitrogens with two attached hydrogens (primary N) is 1. The molecule has 1 aromatic rings. The molecule has 0 fully saturated rings. The molecule has 0 saturated heterocycles. The Morgan fingerprint density at radius 2 is 2.20 bits per heavy atom. The van der Waals surface area contributed by atoms with Crippen LogP contribution < -0.4 is 16.4 Å². The Morgan fingerprint density at radius 3 is 2.67 bits per heavy atom. The van der Waals surface area contributed by atoms with Crippen molar-refractivity contribution < 1.29 is 4.79 Å². The molecule has 7 nitrogen and oxygen atoms in total. The summed E-state index contributed by atoms with van der Waals surface area (Å²) in [4.78, 5) is 15.2. The number of hydrogen-bond acceptors (Lipinski definition) is 5. The molecule has 0 radical (unpaired) electrons. The fraction of sp³-hybridized carbons (Fsp3) is 0.625. The van der Waals surface area contributed by atoms with E-state index in [1.54, 1.807) is 0 Å². The van der Waals surface area contributed by atoms with Crippen LogP contribution in [-0.4, -0.2) is 33.2 Å². The van der Waals surface area contributed by atoms with E-state index in [4.69, 9.17) is 5.73 Å². The number of amides is 1. The monoisotopic (exact) mass is 212 g/mol. The van der Waals surface area contributed by atoms with Crippen LogP contribution in [0.25, 0.3) is 0 Å². The van der Waals surface area contributed by atoms with Gasteiger partial charge in [-0.05, 0) is 20.8 Å². The first-order chi connectivity index (χ1) is 6.87. The number of nitrogens with zero attached hydrogens (tertiary/aromatic N) is 2. The molecule has 0 aliphatic rings. The lowest BCUT2D eigenvalue weighted by atomic mass is 10.1. The van der Waals surface area contributed by atoms with E-state index in [1.165, 1.54) is 0 Å². The molecule has 1 amide bonds. The Kier molecular flexibility index (Phi) is 3.13. The molecular weight excluding hydrogens is 196 g/mol. The molecule has 0 bridgehead atoms. The average molecular weight is 212 g/mol. The van der Waals surface area contributed by atoms with Crippen LogP contribution in [0.1, 0.15) is 20.8 Å². The predicted molar refractivity (Wildman–Crippen MR) is 57.2 cm³/mol. The molecular formula is C8H16N6O. The lowest BCUT2D eigenvalue weighted by Crippen LogP contribution is -2.43. The quantitative estimate of drug-likeness (QED) is 0.550. The van der Waals surface area contributed by atoms with E-state index >= 15 is 0 Å². The highest BCUT2D eigenvalue weighted by atomic mass is 16.2. The van der Waals surface area contributed by atoms with Crippen LogP contribution in [0, 0.1) is 0 Å². The average Bonchev–Trinajstić information content (AvgIpc) is 2.45. The van der Waals surface area contributed by atoms with Gasteiger partial charge in [0, 0.05) is 5.54 Å². The number of hydrogen-bond donors (Lipinski definition) is 4. The maximum absolute atomic E-state index is 11.4. The zero-order chi connectivity index (χ0) is 11.5. The molecule has 84 valence electrons. The molecule has 7 heteroatoms. The number of aromatic amines is 1. The smallest absolute Gasteiger partial charge is 0.244 e. The zero-order valence-corrected chi connectivity index (χ0v) is 9.09. The minimum atomic E-state index is -0.239. The van der Waals surface area contributed by atoms with E-state index in [1.807, 2.05) is 20.8 Å².